The summed E-state index contributed by atoms with van der Waals surface area (Å²) in [5.41, 5.74) is 7.47. The lowest BCUT2D eigenvalue weighted by molar-refractivity contribution is 0.166. The highest BCUT2D eigenvalue weighted by Crippen LogP contribution is 2.34. The lowest BCUT2D eigenvalue weighted by atomic mass is 9.90. The molecule has 0 amide bonds. The minimum Gasteiger partial charge on any atom is -0.370 e. The Morgan fingerprint density at radius 2 is 1.95 bits per heavy atom. The first-order valence-electron chi connectivity index (χ1n) is 7.42. The third-order valence-electron chi connectivity index (χ3n) is 4.60. The number of nitrogens with two attached hydrogens (primary N) is 1. The van der Waals surface area contributed by atoms with Crippen LogP contribution in [0.3, 0.4) is 0 Å². The molecule has 4 heteroatoms. The number of hydrogen-bond donors (Lipinski definition) is 1. The molecule has 1 unspecified atom stereocenters. The van der Waals surface area contributed by atoms with Crippen LogP contribution in [-0.4, -0.2) is 29.0 Å². The summed E-state index contributed by atoms with van der Waals surface area (Å²) in [7, 11) is 0. The third kappa shape index (κ3) is 2.51. The average molecular weight is 292 g/mol. The molecule has 2 N–H and O–H groups in total. The van der Waals surface area contributed by atoms with E-state index in [1.165, 1.54) is 31.2 Å². The van der Waals surface area contributed by atoms with E-state index < -0.39 is 0 Å². The molecule has 0 saturated heterocycles. The first kappa shape index (κ1) is 13.7. The van der Waals surface area contributed by atoms with Crippen LogP contribution in [0.4, 0.5) is 0 Å². The highest BCUT2D eigenvalue weighted by Gasteiger charge is 2.42. The molecule has 108 valence electrons. The van der Waals surface area contributed by atoms with Crippen molar-refractivity contribution in [3.8, 4) is 0 Å². The number of rotatable bonds is 3. The number of guanidine groups is 1. The van der Waals surface area contributed by atoms with E-state index >= 15 is 0 Å². The summed E-state index contributed by atoms with van der Waals surface area (Å²) in [5.74, 6) is 0.730. The van der Waals surface area contributed by atoms with Crippen molar-refractivity contribution in [2.45, 2.75) is 50.6 Å². The average Bonchev–Trinajstić information content (AvgIpc) is 3.01. The van der Waals surface area contributed by atoms with Gasteiger partial charge in [-0.25, -0.2) is 0 Å². The van der Waals surface area contributed by atoms with E-state index in [-0.39, 0.29) is 5.54 Å². The summed E-state index contributed by atoms with van der Waals surface area (Å²) in [5, 5.41) is 0.786. The Morgan fingerprint density at radius 1 is 1.30 bits per heavy atom. The molecule has 1 aromatic rings. The number of halogens is 1. The van der Waals surface area contributed by atoms with Gasteiger partial charge in [-0.3, -0.25) is 4.99 Å². The Balaban J connectivity index is 1.80. The van der Waals surface area contributed by atoms with Gasteiger partial charge < -0.3 is 10.6 Å². The molecular weight excluding hydrogens is 270 g/mol. The van der Waals surface area contributed by atoms with E-state index in [0.29, 0.717) is 6.04 Å². The fraction of sp³-hybridized carbons (Fsp3) is 0.562. The van der Waals surface area contributed by atoms with Gasteiger partial charge in [0.2, 0.25) is 0 Å². The Morgan fingerprint density at radius 3 is 2.60 bits per heavy atom. The van der Waals surface area contributed by atoms with Gasteiger partial charge in [-0.05, 0) is 43.9 Å². The summed E-state index contributed by atoms with van der Waals surface area (Å²) in [6, 6.07) is 8.70. The summed E-state index contributed by atoms with van der Waals surface area (Å²) in [4.78, 5) is 6.91. The van der Waals surface area contributed by atoms with Crippen LogP contribution in [0.25, 0.3) is 0 Å². The van der Waals surface area contributed by atoms with Crippen molar-refractivity contribution in [3.63, 3.8) is 0 Å². The molecule has 1 aromatic carbocycles. The van der Waals surface area contributed by atoms with Crippen LogP contribution in [0.2, 0.25) is 5.02 Å². The first-order chi connectivity index (χ1) is 9.58. The highest BCUT2D eigenvalue weighted by molar-refractivity contribution is 6.30. The SMILES string of the molecule is CC1(Cc2ccc(Cl)cc2)CN=C(N)N1C1CCCC1. The summed E-state index contributed by atoms with van der Waals surface area (Å²) < 4.78 is 0. The van der Waals surface area contributed by atoms with Gasteiger partial charge in [-0.15, -0.1) is 0 Å². The van der Waals surface area contributed by atoms with E-state index in [0.717, 1.165) is 23.9 Å². The molecule has 1 fully saturated rings. The van der Waals surface area contributed by atoms with Crippen molar-refractivity contribution in [1.82, 2.24) is 4.90 Å². The minimum absolute atomic E-state index is 0.00686. The zero-order valence-electron chi connectivity index (χ0n) is 12.0. The second kappa shape index (κ2) is 5.28. The van der Waals surface area contributed by atoms with E-state index in [4.69, 9.17) is 17.3 Å². The smallest absolute Gasteiger partial charge is 0.192 e. The van der Waals surface area contributed by atoms with Gasteiger partial charge in [0.05, 0.1) is 12.1 Å². The molecule has 0 radical (unpaired) electrons. The fourth-order valence-electron chi connectivity index (χ4n) is 3.65. The van der Waals surface area contributed by atoms with Crippen LogP contribution in [-0.2, 0) is 6.42 Å². The maximum atomic E-state index is 6.17. The van der Waals surface area contributed by atoms with Gasteiger partial charge in [0.1, 0.15) is 0 Å². The maximum absolute atomic E-state index is 6.17. The number of benzene rings is 1. The fourth-order valence-corrected chi connectivity index (χ4v) is 3.78. The molecule has 0 spiro atoms. The van der Waals surface area contributed by atoms with Gasteiger partial charge in [-0.2, -0.15) is 0 Å². The maximum Gasteiger partial charge on any atom is 0.192 e. The second-order valence-corrected chi connectivity index (χ2v) is 6.72. The summed E-state index contributed by atoms with van der Waals surface area (Å²) in [6.07, 6.45) is 6.07. The van der Waals surface area contributed by atoms with Crippen LogP contribution in [0.1, 0.15) is 38.2 Å². The van der Waals surface area contributed by atoms with Crippen LogP contribution >= 0.6 is 11.6 Å². The van der Waals surface area contributed by atoms with E-state index in [1.54, 1.807) is 0 Å². The molecule has 2 aliphatic rings. The number of hydrogen-bond acceptors (Lipinski definition) is 3. The lowest BCUT2D eigenvalue weighted by Gasteiger charge is -2.40. The molecule has 20 heavy (non-hydrogen) atoms. The van der Waals surface area contributed by atoms with Crippen LogP contribution in [0.5, 0.6) is 0 Å². The van der Waals surface area contributed by atoms with Gasteiger partial charge >= 0.3 is 0 Å². The quantitative estimate of drug-likeness (QED) is 0.929. The molecule has 3 nitrogen and oxygen atoms in total. The van der Waals surface area contributed by atoms with Crippen molar-refractivity contribution in [2.75, 3.05) is 6.54 Å². The van der Waals surface area contributed by atoms with Crippen LogP contribution < -0.4 is 5.73 Å². The van der Waals surface area contributed by atoms with E-state index in [2.05, 4.69) is 28.9 Å². The molecule has 3 rings (SSSR count). The molecule has 1 aliphatic carbocycles. The van der Waals surface area contributed by atoms with Gasteiger partial charge in [0.15, 0.2) is 5.96 Å². The van der Waals surface area contributed by atoms with Crippen molar-refractivity contribution in [1.29, 1.82) is 0 Å². The monoisotopic (exact) mass is 291 g/mol. The van der Waals surface area contributed by atoms with Crippen molar-refractivity contribution in [2.24, 2.45) is 10.7 Å². The molecule has 1 aliphatic heterocycles. The van der Waals surface area contributed by atoms with E-state index in [9.17, 15) is 0 Å². The van der Waals surface area contributed by atoms with Gasteiger partial charge in [0, 0.05) is 11.1 Å². The van der Waals surface area contributed by atoms with Crippen molar-refractivity contribution < 1.29 is 0 Å². The number of aliphatic imine (C=N–C) groups is 1. The Bertz CT molecular complexity index is 505. The standard InChI is InChI=1S/C16H22ClN3/c1-16(10-12-6-8-13(17)9-7-12)11-19-15(18)20(16)14-4-2-3-5-14/h6-9,14H,2-5,10-11H2,1H3,(H2,18,19). The summed E-state index contributed by atoms with van der Waals surface area (Å²) in [6.45, 7) is 3.07. The highest BCUT2D eigenvalue weighted by atomic mass is 35.5. The van der Waals surface area contributed by atoms with Gasteiger partial charge in [-0.1, -0.05) is 36.6 Å². The van der Waals surface area contributed by atoms with E-state index in [1.807, 2.05) is 12.1 Å². The van der Waals surface area contributed by atoms with Gasteiger partial charge in [0.25, 0.3) is 0 Å². The molecule has 0 aromatic heterocycles. The van der Waals surface area contributed by atoms with Crippen LogP contribution in [0.15, 0.2) is 29.3 Å². The molecule has 1 saturated carbocycles. The van der Waals surface area contributed by atoms with Crippen LogP contribution in [0, 0.1) is 0 Å². The molecule has 1 heterocycles. The third-order valence-corrected chi connectivity index (χ3v) is 4.85. The largest absolute Gasteiger partial charge is 0.370 e. The van der Waals surface area contributed by atoms with Crippen molar-refractivity contribution >= 4 is 17.6 Å². The molecular formula is C16H22ClN3. The molecule has 1 atom stereocenters. The predicted octanol–water partition coefficient (Wildman–Crippen LogP) is 3.21. The predicted molar refractivity (Wildman–Crippen MR) is 84.1 cm³/mol. The second-order valence-electron chi connectivity index (χ2n) is 6.28. The Hall–Kier alpha value is -1.22. The normalized spacial score (nSPS) is 27.1. The Kier molecular flexibility index (Phi) is 3.63. The first-order valence-corrected chi connectivity index (χ1v) is 7.80. The number of nitrogens with zero attached hydrogens (tertiary/aromatic N) is 2. The lowest BCUT2D eigenvalue weighted by Crippen LogP contribution is -2.55. The minimum atomic E-state index is 0.00686. The zero-order chi connectivity index (χ0) is 14.2. The topological polar surface area (TPSA) is 41.6 Å². The van der Waals surface area contributed by atoms with Crippen molar-refractivity contribution in [3.05, 3.63) is 34.9 Å². The molecule has 0 bridgehead atoms. The summed E-state index contributed by atoms with van der Waals surface area (Å²) >= 11 is 5.97. The zero-order valence-corrected chi connectivity index (χ0v) is 12.7. The Labute approximate surface area is 125 Å².